The van der Waals surface area contributed by atoms with Crippen molar-refractivity contribution in [2.24, 2.45) is 11.8 Å². The molecule has 0 spiro atoms. The fraction of sp³-hybridized carbons (Fsp3) is 0.556. The SMILES string of the molecule is CC(C)CC1=CC[C]([Zr][C]2=CC(CC(C)C)=CC2)=C1.Cl.Cl. The minimum atomic E-state index is -0.449. The summed E-state index contributed by atoms with van der Waals surface area (Å²) >= 11 is -0.449. The fourth-order valence-corrected chi connectivity index (χ4v) is 6.06. The van der Waals surface area contributed by atoms with Crippen LogP contribution in [0.4, 0.5) is 0 Å². The van der Waals surface area contributed by atoms with E-state index in [4.69, 9.17) is 0 Å². The number of halogens is 2. The summed E-state index contributed by atoms with van der Waals surface area (Å²) in [6.45, 7) is 9.26. The third-order valence-electron chi connectivity index (χ3n) is 3.50. The number of hydrogen-bond donors (Lipinski definition) is 0. The van der Waals surface area contributed by atoms with Crippen molar-refractivity contribution in [2.75, 3.05) is 0 Å². The van der Waals surface area contributed by atoms with Crippen molar-refractivity contribution in [3.05, 3.63) is 42.0 Å². The zero-order valence-electron chi connectivity index (χ0n) is 13.6. The second-order valence-electron chi connectivity index (χ2n) is 6.63. The Bertz CT molecular complexity index is 412. The first kappa shape index (κ1) is 21.4. The van der Waals surface area contributed by atoms with Gasteiger partial charge in [0.1, 0.15) is 0 Å². The Labute approximate surface area is 154 Å². The Kier molecular flexibility index (Phi) is 10.5. The topological polar surface area (TPSA) is 0 Å². The van der Waals surface area contributed by atoms with Crippen LogP contribution in [0.1, 0.15) is 53.4 Å². The van der Waals surface area contributed by atoms with Gasteiger partial charge in [0.2, 0.25) is 0 Å². The molecular weight excluding hydrogens is 378 g/mol. The van der Waals surface area contributed by atoms with Crippen molar-refractivity contribution in [3.8, 4) is 0 Å². The van der Waals surface area contributed by atoms with Gasteiger partial charge in [-0.15, -0.1) is 24.8 Å². The molecule has 0 nitrogen and oxygen atoms in total. The molecule has 0 saturated carbocycles. The largest absolute Gasteiger partial charge is 0.147 e. The monoisotopic (exact) mass is 404 g/mol. The first-order valence-electron chi connectivity index (χ1n) is 7.59. The summed E-state index contributed by atoms with van der Waals surface area (Å²) in [6, 6.07) is 0. The fourth-order valence-electron chi connectivity index (χ4n) is 2.77. The Morgan fingerprint density at radius 1 is 0.810 bits per heavy atom. The summed E-state index contributed by atoms with van der Waals surface area (Å²) in [5.74, 6) is 1.58. The van der Waals surface area contributed by atoms with Gasteiger partial charge >= 0.3 is 130 Å². The number of allylic oxidation sites excluding steroid dienone is 8. The molecule has 0 saturated heterocycles. The molecule has 2 rings (SSSR count). The van der Waals surface area contributed by atoms with Crippen LogP contribution in [0, 0.1) is 11.8 Å². The maximum atomic E-state index is 2.52. The molecule has 21 heavy (non-hydrogen) atoms. The molecular formula is C18H28Cl2Zr. The third kappa shape index (κ3) is 7.49. The van der Waals surface area contributed by atoms with Gasteiger partial charge in [-0.2, -0.15) is 0 Å². The van der Waals surface area contributed by atoms with Crippen LogP contribution in [-0.2, 0) is 23.2 Å². The van der Waals surface area contributed by atoms with E-state index < -0.39 is 23.2 Å². The molecule has 3 heteroatoms. The van der Waals surface area contributed by atoms with Crippen LogP contribution in [0.3, 0.4) is 0 Å². The van der Waals surface area contributed by atoms with Crippen LogP contribution < -0.4 is 0 Å². The molecule has 0 unspecified atom stereocenters. The molecule has 0 aromatic carbocycles. The van der Waals surface area contributed by atoms with Crippen LogP contribution in [-0.4, -0.2) is 0 Å². The molecule has 0 atom stereocenters. The molecule has 0 fully saturated rings. The van der Waals surface area contributed by atoms with Crippen molar-refractivity contribution in [3.63, 3.8) is 0 Å². The van der Waals surface area contributed by atoms with E-state index >= 15 is 0 Å². The zero-order valence-corrected chi connectivity index (χ0v) is 17.7. The van der Waals surface area contributed by atoms with E-state index in [-0.39, 0.29) is 24.8 Å². The van der Waals surface area contributed by atoms with Gasteiger partial charge in [0.15, 0.2) is 0 Å². The predicted molar refractivity (Wildman–Crippen MR) is 95.0 cm³/mol. The van der Waals surface area contributed by atoms with Crippen LogP contribution in [0.25, 0.3) is 0 Å². The maximum absolute atomic E-state index is 2.52. The van der Waals surface area contributed by atoms with Gasteiger partial charge in [-0.25, -0.2) is 0 Å². The first-order valence-corrected chi connectivity index (χ1v) is 10.0. The summed E-state index contributed by atoms with van der Waals surface area (Å²) in [4.78, 5) is 0. The molecule has 2 aliphatic carbocycles. The average molecular weight is 407 g/mol. The van der Waals surface area contributed by atoms with Gasteiger partial charge in [-0.3, -0.25) is 0 Å². The molecule has 0 bridgehead atoms. The van der Waals surface area contributed by atoms with Gasteiger partial charge in [-0.1, -0.05) is 0 Å². The molecule has 0 amide bonds. The van der Waals surface area contributed by atoms with E-state index in [9.17, 15) is 0 Å². The van der Waals surface area contributed by atoms with Crippen LogP contribution in [0.15, 0.2) is 42.0 Å². The smallest absolute Gasteiger partial charge is 0.147 e. The van der Waals surface area contributed by atoms with E-state index in [1.165, 1.54) is 25.7 Å². The van der Waals surface area contributed by atoms with Crippen LogP contribution in [0.5, 0.6) is 0 Å². The van der Waals surface area contributed by atoms with Gasteiger partial charge < -0.3 is 0 Å². The Hall–Kier alpha value is 0.423. The quantitative estimate of drug-likeness (QED) is 0.477. The van der Waals surface area contributed by atoms with E-state index in [1.54, 1.807) is 17.7 Å². The second kappa shape index (κ2) is 10.2. The van der Waals surface area contributed by atoms with Crippen molar-refractivity contribution in [2.45, 2.75) is 53.4 Å². The molecule has 0 aromatic heterocycles. The molecule has 0 aromatic rings. The maximum Gasteiger partial charge on any atom is -0.147 e. The van der Waals surface area contributed by atoms with Crippen molar-refractivity contribution >= 4 is 24.8 Å². The van der Waals surface area contributed by atoms with Crippen molar-refractivity contribution in [1.29, 1.82) is 0 Å². The molecule has 0 aliphatic heterocycles. The minimum absolute atomic E-state index is 0. The van der Waals surface area contributed by atoms with Gasteiger partial charge in [-0.05, 0) is 0 Å². The summed E-state index contributed by atoms with van der Waals surface area (Å²) in [7, 11) is 0. The van der Waals surface area contributed by atoms with Crippen LogP contribution >= 0.6 is 24.8 Å². The predicted octanol–water partition coefficient (Wildman–Crippen LogP) is 6.43. The standard InChI is InChI=1S/2C9H13.2ClH.Zr/c2*1-8(2)7-9-5-3-4-6-9;;;/h2*5-6,8H,3,7H2,1-2H3;2*1H;. The van der Waals surface area contributed by atoms with E-state index in [2.05, 4.69) is 52.0 Å². The van der Waals surface area contributed by atoms with Crippen molar-refractivity contribution < 1.29 is 23.2 Å². The Balaban J connectivity index is 0.00000200. The van der Waals surface area contributed by atoms with Crippen molar-refractivity contribution in [1.82, 2.24) is 0 Å². The molecule has 0 radical (unpaired) electrons. The summed E-state index contributed by atoms with van der Waals surface area (Å²) in [6.07, 6.45) is 15.0. The zero-order chi connectivity index (χ0) is 13.8. The average Bonchev–Trinajstić information content (AvgIpc) is 2.88. The normalized spacial score (nSPS) is 16.9. The summed E-state index contributed by atoms with van der Waals surface area (Å²) in [5.41, 5.74) is 3.19. The van der Waals surface area contributed by atoms with Crippen LogP contribution in [0.2, 0.25) is 0 Å². The Morgan fingerprint density at radius 2 is 1.19 bits per heavy atom. The van der Waals surface area contributed by atoms with E-state index in [0.717, 1.165) is 11.8 Å². The molecule has 118 valence electrons. The summed E-state index contributed by atoms with van der Waals surface area (Å²) < 4.78 is 3.56. The molecule has 0 N–H and O–H groups in total. The first-order chi connectivity index (χ1) is 9.02. The number of rotatable bonds is 6. The molecule has 2 aliphatic rings. The third-order valence-corrected chi connectivity index (χ3v) is 6.79. The van der Waals surface area contributed by atoms with Gasteiger partial charge in [0.05, 0.1) is 0 Å². The number of hydrogen-bond acceptors (Lipinski definition) is 0. The second-order valence-corrected chi connectivity index (χ2v) is 10.4. The van der Waals surface area contributed by atoms with E-state index in [0.29, 0.717) is 0 Å². The van der Waals surface area contributed by atoms with Gasteiger partial charge in [0.25, 0.3) is 0 Å². The summed E-state index contributed by atoms with van der Waals surface area (Å²) in [5, 5.41) is 0. The molecule has 0 heterocycles. The van der Waals surface area contributed by atoms with Gasteiger partial charge in [0, 0.05) is 0 Å². The Morgan fingerprint density at radius 3 is 1.52 bits per heavy atom. The minimum Gasteiger partial charge on any atom is -0.147 e. The van der Waals surface area contributed by atoms with E-state index in [1.807, 2.05) is 0 Å².